The Labute approximate surface area is 123 Å². The number of rotatable bonds is 5. The molecule has 0 amide bonds. The molecule has 3 nitrogen and oxygen atoms in total. The maximum Gasteiger partial charge on any atom is 0.146 e. The van der Waals surface area contributed by atoms with Crippen LogP contribution in [0.1, 0.15) is 17.1 Å². The fourth-order valence-corrected chi connectivity index (χ4v) is 4.16. The van der Waals surface area contributed by atoms with Gasteiger partial charge in [0.15, 0.2) is 0 Å². The number of aryl methyl sites for hydroxylation is 1. The van der Waals surface area contributed by atoms with Crippen LogP contribution in [0, 0.1) is 6.92 Å². The summed E-state index contributed by atoms with van der Waals surface area (Å²) in [7, 11) is 0. The SMILES string of the molecule is Cc1cc(CSCc2csc(-c3cccs3)n2)on1. The summed E-state index contributed by atoms with van der Waals surface area (Å²) in [4.78, 5) is 5.89. The fourth-order valence-electron chi connectivity index (χ4n) is 1.63. The van der Waals surface area contributed by atoms with Crippen LogP contribution in [0.25, 0.3) is 9.88 Å². The summed E-state index contributed by atoms with van der Waals surface area (Å²) in [6.07, 6.45) is 0. The van der Waals surface area contributed by atoms with Gasteiger partial charge in [0, 0.05) is 17.2 Å². The van der Waals surface area contributed by atoms with Gasteiger partial charge in [0.25, 0.3) is 0 Å². The molecule has 0 aliphatic heterocycles. The van der Waals surface area contributed by atoms with Gasteiger partial charge >= 0.3 is 0 Å². The summed E-state index contributed by atoms with van der Waals surface area (Å²) < 4.78 is 5.18. The highest BCUT2D eigenvalue weighted by Crippen LogP contribution is 2.29. The van der Waals surface area contributed by atoms with Crippen LogP contribution in [0.4, 0.5) is 0 Å². The lowest BCUT2D eigenvalue weighted by Crippen LogP contribution is -1.82. The summed E-state index contributed by atoms with van der Waals surface area (Å²) in [5, 5.41) is 9.21. The highest BCUT2D eigenvalue weighted by molar-refractivity contribution is 7.97. The molecule has 0 aliphatic rings. The molecule has 19 heavy (non-hydrogen) atoms. The molecular weight excluding hydrogens is 296 g/mol. The molecule has 0 bridgehead atoms. The molecule has 0 radical (unpaired) electrons. The van der Waals surface area contributed by atoms with Gasteiger partial charge in [-0.1, -0.05) is 11.2 Å². The summed E-state index contributed by atoms with van der Waals surface area (Å²) in [6, 6.07) is 6.14. The van der Waals surface area contributed by atoms with E-state index in [1.165, 1.54) is 4.88 Å². The first-order valence-electron chi connectivity index (χ1n) is 5.79. The minimum absolute atomic E-state index is 0.840. The van der Waals surface area contributed by atoms with Gasteiger partial charge in [-0.2, -0.15) is 0 Å². The van der Waals surface area contributed by atoms with E-state index in [-0.39, 0.29) is 0 Å². The zero-order chi connectivity index (χ0) is 13.1. The van der Waals surface area contributed by atoms with Crippen molar-refractivity contribution in [2.24, 2.45) is 0 Å². The second-order valence-corrected chi connectivity index (χ2v) is 6.84. The topological polar surface area (TPSA) is 38.9 Å². The quantitative estimate of drug-likeness (QED) is 0.690. The first-order chi connectivity index (χ1) is 9.31. The van der Waals surface area contributed by atoms with Gasteiger partial charge < -0.3 is 4.52 Å². The first-order valence-corrected chi connectivity index (χ1v) is 8.71. The average molecular weight is 308 g/mol. The maximum absolute atomic E-state index is 5.18. The third kappa shape index (κ3) is 3.26. The predicted molar refractivity (Wildman–Crippen MR) is 81.7 cm³/mol. The highest BCUT2D eigenvalue weighted by Gasteiger charge is 2.06. The van der Waals surface area contributed by atoms with Crippen LogP contribution in [0.15, 0.2) is 33.5 Å². The van der Waals surface area contributed by atoms with E-state index in [9.17, 15) is 0 Å². The molecule has 98 valence electrons. The van der Waals surface area contributed by atoms with Crippen LogP contribution < -0.4 is 0 Å². The van der Waals surface area contributed by atoms with Gasteiger partial charge in [-0.15, -0.1) is 34.4 Å². The molecule has 3 rings (SSSR count). The van der Waals surface area contributed by atoms with E-state index in [0.717, 1.165) is 33.7 Å². The second kappa shape index (κ2) is 5.90. The first kappa shape index (κ1) is 12.9. The van der Waals surface area contributed by atoms with Crippen LogP contribution in [-0.4, -0.2) is 10.1 Å². The lowest BCUT2D eigenvalue weighted by Gasteiger charge is -1.94. The zero-order valence-corrected chi connectivity index (χ0v) is 12.8. The van der Waals surface area contributed by atoms with Crippen molar-refractivity contribution in [3.63, 3.8) is 0 Å². The van der Waals surface area contributed by atoms with Crippen molar-refractivity contribution >= 4 is 34.4 Å². The molecule has 3 aromatic rings. The summed E-state index contributed by atoms with van der Waals surface area (Å²) in [5.74, 6) is 2.67. The highest BCUT2D eigenvalue weighted by atomic mass is 32.2. The monoisotopic (exact) mass is 308 g/mol. The Hall–Kier alpha value is -1.11. The molecule has 0 atom stereocenters. The average Bonchev–Trinajstić information content (AvgIpc) is 3.09. The summed E-state index contributed by atoms with van der Waals surface area (Å²) in [6.45, 7) is 1.94. The second-order valence-electron chi connectivity index (χ2n) is 4.05. The predicted octanol–water partition coefficient (Wildman–Crippen LogP) is 4.60. The van der Waals surface area contributed by atoms with Gasteiger partial charge in [0.1, 0.15) is 10.8 Å². The van der Waals surface area contributed by atoms with Crippen molar-refractivity contribution in [3.05, 3.63) is 46.1 Å². The number of thioether (sulfide) groups is 1. The van der Waals surface area contributed by atoms with E-state index < -0.39 is 0 Å². The molecule has 0 aromatic carbocycles. The number of thiophene rings is 1. The molecule has 0 spiro atoms. The van der Waals surface area contributed by atoms with E-state index in [1.54, 1.807) is 34.4 Å². The third-order valence-electron chi connectivity index (χ3n) is 2.45. The Kier molecular flexibility index (Phi) is 4.00. The van der Waals surface area contributed by atoms with Crippen LogP contribution in [0.3, 0.4) is 0 Å². The van der Waals surface area contributed by atoms with Gasteiger partial charge in [0.05, 0.1) is 22.0 Å². The van der Waals surface area contributed by atoms with Crippen molar-refractivity contribution in [2.45, 2.75) is 18.4 Å². The van der Waals surface area contributed by atoms with Crippen LogP contribution >= 0.6 is 34.4 Å². The molecule has 0 saturated carbocycles. The van der Waals surface area contributed by atoms with E-state index in [0.29, 0.717) is 0 Å². The molecule has 6 heteroatoms. The minimum atomic E-state index is 0.840. The molecule has 3 heterocycles. The Morgan fingerprint density at radius 3 is 3.00 bits per heavy atom. The van der Waals surface area contributed by atoms with Crippen molar-refractivity contribution < 1.29 is 4.52 Å². The number of aromatic nitrogens is 2. The zero-order valence-electron chi connectivity index (χ0n) is 10.3. The minimum Gasteiger partial charge on any atom is -0.360 e. The van der Waals surface area contributed by atoms with Crippen molar-refractivity contribution in [1.29, 1.82) is 0 Å². The van der Waals surface area contributed by atoms with E-state index in [2.05, 4.69) is 33.0 Å². The number of nitrogens with zero attached hydrogens (tertiary/aromatic N) is 2. The standard InChI is InChI=1S/C13H12N2OS3/c1-9-5-11(16-15-9)8-17-6-10-7-19-13(14-10)12-3-2-4-18-12/h2-5,7H,6,8H2,1H3. The summed E-state index contributed by atoms with van der Waals surface area (Å²) in [5.41, 5.74) is 2.07. The fraction of sp³-hybridized carbons (Fsp3) is 0.231. The van der Waals surface area contributed by atoms with Gasteiger partial charge in [-0.05, 0) is 18.4 Å². The van der Waals surface area contributed by atoms with E-state index >= 15 is 0 Å². The van der Waals surface area contributed by atoms with Crippen LogP contribution in [0.2, 0.25) is 0 Å². The van der Waals surface area contributed by atoms with Crippen LogP contribution in [0.5, 0.6) is 0 Å². The van der Waals surface area contributed by atoms with Gasteiger partial charge in [0.2, 0.25) is 0 Å². The van der Waals surface area contributed by atoms with Crippen molar-refractivity contribution in [1.82, 2.24) is 10.1 Å². The molecule has 0 saturated heterocycles. The van der Waals surface area contributed by atoms with Crippen LogP contribution in [-0.2, 0) is 11.5 Å². The normalized spacial score (nSPS) is 11.0. The van der Waals surface area contributed by atoms with Crippen molar-refractivity contribution in [2.75, 3.05) is 0 Å². The molecule has 0 aliphatic carbocycles. The smallest absolute Gasteiger partial charge is 0.146 e. The van der Waals surface area contributed by atoms with Gasteiger partial charge in [-0.25, -0.2) is 4.98 Å². The van der Waals surface area contributed by atoms with E-state index in [1.807, 2.05) is 13.0 Å². The Morgan fingerprint density at radius 1 is 1.32 bits per heavy atom. The lowest BCUT2D eigenvalue weighted by atomic mass is 10.4. The number of thiazole rings is 1. The Morgan fingerprint density at radius 2 is 2.26 bits per heavy atom. The van der Waals surface area contributed by atoms with Crippen molar-refractivity contribution in [3.8, 4) is 9.88 Å². The summed E-state index contributed by atoms with van der Waals surface area (Å²) >= 11 is 5.24. The van der Waals surface area contributed by atoms with E-state index in [4.69, 9.17) is 4.52 Å². The largest absolute Gasteiger partial charge is 0.360 e. The molecule has 0 N–H and O–H groups in total. The number of hydrogen-bond donors (Lipinski definition) is 0. The lowest BCUT2D eigenvalue weighted by molar-refractivity contribution is 0.391. The molecule has 0 fully saturated rings. The molecule has 3 aromatic heterocycles. The Bertz CT molecular complexity index is 642. The number of hydrogen-bond acceptors (Lipinski definition) is 6. The molecule has 0 unspecified atom stereocenters. The van der Waals surface area contributed by atoms with Gasteiger partial charge in [-0.3, -0.25) is 0 Å². The maximum atomic E-state index is 5.18. The third-order valence-corrected chi connectivity index (χ3v) is 5.37. The molecular formula is C13H12N2OS3. The Balaban J connectivity index is 1.56.